The van der Waals surface area contributed by atoms with Crippen LogP contribution >= 0.6 is 11.6 Å². The maximum absolute atomic E-state index is 12.8. The molecule has 148 valence electrons. The summed E-state index contributed by atoms with van der Waals surface area (Å²) in [4.78, 5) is 27.4. The SMILES string of the molecule is CC[C@H](Oc1ccc(Cl)c(C)c1)C(=O)Nc1ccccc1C(=O)N1CCCC1. The first-order valence-electron chi connectivity index (χ1n) is 9.61. The molecule has 0 spiro atoms. The predicted molar refractivity (Wildman–Crippen MR) is 111 cm³/mol. The summed E-state index contributed by atoms with van der Waals surface area (Å²) in [6.45, 7) is 5.29. The summed E-state index contributed by atoms with van der Waals surface area (Å²) in [6, 6.07) is 12.4. The molecule has 0 saturated carbocycles. The second-order valence-corrected chi connectivity index (χ2v) is 7.37. The monoisotopic (exact) mass is 400 g/mol. The zero-order valence-electron chi connectivity index (χ0n) is 16.2. The van der Waals surface area contributed by atoms with Crippen molar-refractivity contribution in [3.63, 3.8) is 0 Å². The second-order valence-electron chi connectivity index (χ2n) is 6.96. The van der Waals surface area contributed by atoms with Gasteiger partial charge in [-0.2, -0.15) is 0 Å². The van der Waals surface area contributed by atoms with Gasteiger partial charge in [0, 0.05) is 18.1 Å². The van der Waals surface area contributed by atoms with Crippen LogP contribution in [0.25, 0.3) is 0 Å². The van der Waals surface area contributed by atoms with Crippen LogP contribution in [0.5, 0.6) is 5.75 Å². The standard InChI is InChI=1S/C22H25ClN2O3/c1-3-20(28-16-10-11-18(23)15(2)14-16)21(26)24-19-9-5-4-8-17(19)22(27)25-12-6-7-13-25/h4-5,8-11,14,20H,3,6-7,12-13H2,1-2H3,(H,24,26)/t20-/m0/s1. The molecule has 2 aromatic rings. The Bertz CT molecular complexity index is 863. The number of amides is 2. The number of hydrogen-bond acceptors (Lipinski definition) is 3. The molecule has 1 aliphatic rings. The first-order valence-corrected chi connectivity index (χ1v) is 9.99. The van der Waals surface area contributed by atoms with Crippen LogP contribution in [0.3, 0.4) is 0 Å². The molecule has 1 heterocycles. The van der Waals surface area contributed by atoms with E-state index in [0.717, 1.165) is 31.5 Å². The van der Waals surface area contributed by atoms with Gasteiger partial charge in [0.1, 0.15) is 5.75 Å². The van der Waals surface area contributed by atoms with Crippen LogP contribution in [-0.4, -0.2) is 35.9 Å². The van der Waals surface area contributed by atoms with Gasteiger partial charge in [0.15, 0.2) is 6.10 Å². The molecule has 0 bridgehead atoms. The summed E-state index contributed by atoms with van der Waals surface area (Å²) in [7, 11) is 0. The Morgan fingerprint density at radius 3 is 2.57 bits per heavy atom. The molecule has 5 nitrogen and oxygen atoms in total. The van der Waals surface area contributed by atoms with Crippen LogP contribution in [0.15, 0.2) is 42.5 Å². The second kappa shape index (κ2) is 9.11. The molecule has 3 rings (SSSR count). The molecule has 2 aromatic carbocycles. The van der Waals surface area contributed by atoms with Gasteiger partial charge in [-0.1, -0.05) is 30.7 Å². The van der Waals surface area contributed by atoms with Gasteiger partial charge >= 0.3 is 0 Å². The Morgan fingerprint density at radius 1 is 1.18 bits per heavy atom. The Hall–Kier alpha value is -2.53. The van der Waals surface area contributed by atoms with Crippen molar-refractivity contribution in [1.29, 1.82) is 0 Å². The lowest BCUT2D eigenvalue weighted by Gasteiger charge is -2.20. The van der Waals surface area contributed by atoms with Crippen molar-refractivity contribution in [1.82, 2.24) is 4.90 Å². The van der Waals surface area contributed by atoms with E-state index in [1.165, 1.54) is 0 Å². The van der Waals surface area contributed by atoms with Crippen LogP contribution < -0.4 is 10.1 Å². The van der Waals surface area contributed by atoms with E-state index in [9.17, 15) is 9.59 Å². The highest BCUT2D eigenvalue weighted by atomic mass is 35.5. The summed E-state index contributed by atoms with van der Waals surface area (Å²) >= 11 is 6.05. The molecular formula is C22H25ClN2O3. The number of aryl methyl sites for hydroxylation is 1. The zero-order chi connectivity index (χ0) is 20.1. The van der Waals surface area contributed by atoms with E-state index in [4.69, 9.17) is 16.3 Å². The van der Waals surface area contributed by atoms with E-state index in [1.807, 2.05) is 30.9 Å². The number of hydrogen-bond donors (Lipinski definition) is 1. The van der Waals surface area contributed by atoms with E-state index in [2.05, 4.69) is 5.32 Å². The number of likely N-dealkylation sites (tertiary alicyclic amines) is 1. The summed E-state index contributed by atoms with van der Waals surface area (Å²) in [5.41, 5.74) is 1.91. The number of para-hydroxylation sites is 1. The molecule has 1 atom stereocenters. The quantitative estimate of drug-likeness (QED) is 0.765. The minimum absolute atomic E-state index is 0.0457. The molecule has 1 fully saturated rings. The van der Waals surface area contributed by atoms with Gasteiger partial charge in [0.2, 0.25) is 0 Å². The van der Waals surface area contributed by atoms with Gasteiger partial charge in [0.25, 0.3) is 11.8 Å². The first-order chi connectivity index (χ1) is 13.5. The normalized spacial score (nSPS) is 14.6. The topological polar surface area (TPSA) is 58.6 Å². The summed E-state index contributed by atoms with van der Waals surface area (Å²) in [5.74, 6) is 0.262. The van der Waals surface area contributed by atoms with Crippen LogP contribution in [0.1, 0.15) is 42.1 Å². The lowest BCUT2D eigenvalue weighted by Crippen LogP contribution is -2.34. The van der Waals surface area contributed by atoms with Gasteiger partial charge in [-0.05, 0) is 62.1 Å². The Kier molecular flexibility index (Phi) is 6.57. The largest absolute Gasteiger partial charge is 0.481 e. The van der Waals surface area contributed by atoms with Crippen LogP contribution in [-0.2, 0) is 4.79 Å². The number of halogens is 1. The fraction of sp³-hybridized carbons (Fsp3) is 0.364. The van der Waals surface area contributed by atoms with Crippen molar-refractivity contribution in [3.05, 3.63) is 58.6 Å². The summed E-state index contributed by atoms with van der Waals surface area (Å²) < 4.78 is 5.87. The number of ether oxygens (including phenoxy) is 1. The van der Waals surface area contributed by atoms with Crippen molar-refractivity contribution in [2.45, 2.75) is 39.2 Å². The average molecular weight is 401 g/mol. The van der Waals surface area contributed by atoms with Gasteiger partial charge in [-0.3, -0.25) is 9.59 Å². The summed E-state index contributed by atoms with van der Waals surface area (Å²) in [5, 5.41) is 3.53. The molecule has 6 heteroatoms. The summed E-state index contributed by atoms with van der Waals surface area (Å²) in [6.07, 6.45) is 1.87. The van der Waals surface area contributed by atoms with Crippen LogP contribution in [0, 0.1) is 6.92 Å². The third-order valence-corrected chi connectivity index (χ3v) is 5.30. The van der Waals surface area contributed by atoms with Crippen LogP contribution in [0.4, 0.5) is 5.69 Å². The molecule has 28 heavy (non-hydrogen) atoms. The number of nitrogens with zero attached hydrogens (tertiary/aromatic N) is 1. The number of carbonyl (C=O) groups is 2. The zero-order valence-corrected chi connectivity index (χ0v) is 17.0. The molecule has 2 amide bonds. The highest BCUT2D eigenvalue weighted by Crippen LogP contribution is 2.24. The molecule has 1 saturated heterocycles. The van der Waals surface area contributed by atoms with Crippen LogP contribution in [0.2, 0.25) is 5.02 Å². The minimum atomic E-state index is -0.671. The van der Waals surface area contributed by atoms with E-state index >= 15 is 0 Å². The number of benzene rings is 2. The lowest BCUT2D eigenvalue weighted by atomic mass is 10.1. The van der Waals surface area contributed by atoms with Crippen molar-refractivity contribution >= 4 is 29.1 Å². The molecule has 1 N–H and O–H groups in total. The molecule has 1 aliphatic heterocycles. The van der Waals surface area contributed by atoms with E-state index in [0.29, 0.717) is 28.4 Å². The molecule has 0 aromatic heterocycles. The van der Waals surface area contributed by atoms with Crippen molar-refractivity contribution in [2.24, 2.45) is 0 Å². The number of anilines is 1. The maximum atomic E-state index is 12.8. The van der Waals surface area contributed by atoms with Gasteiger partial charge < -0.3 is 15.0 Å². The van der Waals surface area contributed by atoms with Crippen molar-refractivity contribution < 1.29 is 14.3 Å². The van der Waals surface area contributed by atoms with Gasteiger partial charge in [0.05, 0.1) is 11.3 Å². The average Bonchev–Trinajstić information content (AvgIpc) is 3.23. The minimum Gasteiger partial charge on any atom is -0.481 e. The van der Waals surface area contributed by atoms with E-state index in [-0.39, 0.29) is 11.8 Å². The third-order valence-electron chi connectivity index (χ3n) is 4.88. The highest BCUT2D eigenvalue weighted by molar-refractivity contribution is 6.31. The fourth-order valence-corrected chi connectivity index (χ4v) is 3.38. The fourth-order valence-electron chi connectivity index (χ4n) is 3.26. The maximum Gasteiger partial charge on any atom is 0.265 e. The number of rotatable bonds is 6. The van der Waals surface area contributed by atoms with Crippen molar-refractivity contribution in [2.75, 3.05) is 18.4 Å². The predicted octanol–water partition coefficient (Wildman–Crippen LogP) is 4.68. The van der Waals surface area contributed by atoms with E-state index < -0.39 is 6.10 Å². The Balaban J connectivity index is 1.73. The van der Waals surface area contributed by atoms with Gasteiger partial charge in [-0.15, -0.1) is 0 Å². The number of nitrogens with one attached hydrogen (secondary N) is 1. The molecule has 0 radical (unpaired) electrons. The molecule has 0 aliphatic carbocycles. The van der Waals surface area contributed by atoms with Crippen molar-refractivity contribution in [3.8, 4) is 5.75 Å². The first kappa shape index (κ1) is 20.2. The molecular weight excluding hydrogens is 376 g/mol. The highest BCUT2D eigenvalue weighted by Gasteiger charge is 2.24. The number of carbonyl (C=O) groups excluding carboxylic acids is 2. The lowest BCUT2D eigenvalue weighted by molar-refractivity contribution is -0.122. The molecule has 0 unspecified atom stereocenters. The van der Waals surface area contributed by atoms with Gasteiger partial charge in [-0.25, -0.2) is 0 Å². The Labute approximate surface area is 170 Å². The third kappa shape index (κ3) is 4.65. The van der Waals surface area contributed by atoms with E-state index in [1.54, 1.807) is 30.3 Å². The smallest absolute Gasteiger partial charge is 0.265 e. The Morgan fingerprint density at radius 2 is 1.89 bits per heavy atom.